The number of quaternary nitrogens is 1. The summed E-state index contributed by atoms with van der Waals surface area (Å²) in [7, 11) is 2.17. The summed E-state index contributed by atoms with van der Waals surface area (Å²) in [6.07, 6.45) is 3.76. The summed E-state index contributed by atoms with van der Waals surface area (Å²) in [5.41, 5.74) is 1.59. The molecule has 0 amide bonds. The maximum absolute atomic E-state index is 2.45. The monoisotopic (exact) mass is 168 g/mol. The molecule has 1 aliphatic carbocycles. The van der Waals surface area contributed by atoms with Crippen LogP contribution in [0.1, 0.15) is 27.2 Å². The second kappa shape index (κ2) is 4.08. The van der Waals surface area contributed by atoms with E-state index in [0.29, 0.717) is 0 Å². The van der Waals surface area contributed by atoms with Crippen LogP contribution in [0.25, 0.3) is 0 Å². The summed E-state index contributed by atoms with van der Waals surface area (Å²) in [4.78, 5) is 0. The molecule has 0 fully saturated rings. The Morgan fingerprint density at radius 1 is 1.50 bits per heavy atom. The van der Waals surface area contributed by atoms with E-state index in [2.05, 4.69) is 39.2 Å². The maximum atomic E-state index is 2.45. The molecule has 0 bridgehead atoms. The lowest BCUT2D eigenvalue weighted by atomic mass is 9.75. The van der Waals surface area contributed by atoms with E-state index < -0.39 is 0 Å². The molecule has 3 atom stereocenters. The molecule has 0 aromatic rings. The zero-order valence-corrected chi connectivity index (χ0v) is 8.80. The van der Waals surface area contributed by atoms with Crippen molar-refractivity contribution >= 4 is 0 Å². The van der Waals surface area contributed by atoms with Crippen molar-refractivity contribution in [2.75, 3.05) is 13.6 Å². The summed E-state index contributed by atoms with van der Waals surface area (Å²) in [6, 6.07) is 0. The Balaban J connectivity index is 2.62. The summed E-state index contributed by atoms with van der Waals surface area (Å²) in [6.45, 7) is 8.29. The van der Waals surface area contributed by atoms with E-state index >= 15 is 0 Å². The Hall–Kier alpha value is -0.300. The van der Waals surface area contributed by atoms with Gasteiger partial charge in [-0.1, -0.05) is 25.5 Å². The first-order valence-electron chi connectivity index (χ1n) is 5.10. The Labute approximate surface area is 76.2 Å². The fraction of sp³-hybridized carbons (Fsp3) is 0.818. The molecule has 0 spiro atoms. The SMILES string of the molecule is C[NH2+]C[C@H]1[C@H](C)CC(C)=C[C@@H]1C. The zero-order valence-electron chi connectivity index (χ0n) is 8.80. The van der Waals surface area contributed by atoms with Crippen molar-refractivity contribution in [3.05, 3.63) is 11.6 Å². The van der Waals surface area contributed by atoms with Gasteiger partial charge in [0, 0.05) is 5.92 Å². The topological polar surface area (TPSA) is 16.6 Å². The fourth-order valence-corrected chi connectivity index (χ4v) is 2.54. The van der Waals surface area contributed by atoms with Crippen LogP contribution in [-0.2, 0) is 0 Å². The van der Waals surface area contributed by atoms with Crippen molar-refractivity contribution in [2.45, 2.75) is 27.2 Å². The minimum Gasteiger partial charge on any atom is -0.348 e. The molecule has 0 aliphatic heterocycles. The van der Waals surface area contributed by atoms with E-state index in [1.807, 2.05) is 0 Å². The predicted molar refractivity (Wildman–Crippen MR) is 52.9 cm³/mol. The van der Waals surface area contributed by atoms with Crippen LogP contribution in [0.5, 0.6) is 0 Å². The van der Waals surface area contributed by atoms with Gasteiger partial charge in [-0.15, -0.1) is 0 Å². The van der Waals surface area contributed by atoms with Crippen molar-refractivity contribution in [2.24, 2.45) is 17.8 Å². The molecule has 1 rings (SSSR count). The van der Waals surface area contributed by atoms with Gasteiger partial charge in [-0.3, -0.25) is 0 Å². The Morgan fingerprint density at radius 3 is 2.67 bits per heavy atom. The maximum Gasteiger partial charge on any atom is 0.0790 e. The highest BCUT2D eigenvalue weighted by Gasteiger charge is 2.27. The minimum absolute atomic E-state index is 0.782. The highest BCUT2D eigenvalue weighted by Crippen LogP contribution is 2.32. The average molecular weight is 168 g/mol. The van der Waals surface area contributed by atoms with Crippen molar-refractivity contribution in [3.8, 4) is 0 Å². The van der Waals surface area contributed by atoms with Crippen LogP contribution in [0.2, 0.25) is 0 Å². The molecule has 0 heterocycles. The summed E-state index contributed by atoms with van der Waals surface area (Å²) in [5.74, 6) is 2.55. The minimum atomic E-state index is 0.782. The van der Waals surface area contributed by atoms with E-state index in [-0.39, 0.29) is 0 Å². The van der Waals surface area contributed by atoms with Gasteiger partial charge in [-0.2, -0.15) is 0 Å². The van der Waals surface area contributed by atoms with Crippen molar-refractivity contribution in [3.63, 3.8) is 0 Å². The summed E-state index contributed by atoms with van der Waals surface area (Å²) >= 11 is 0. The molecule has 70 valence electrons. The highest BCUT2D eigenvalue weighted by molar-refractivity contribution is 5.07. The van der Waals surface area contributed by atoms with Crippen LogP contribution in [0.15, 0.2) is 11.6 Å². The third-order valence-electron chi connectivity index (χ3n) is 3.11. The van der Waals surface area contributed by atoms with Gasteiger partial charge in [-0.05, 0) is 25.2 Å². The van der Waals surface area contributed by atoms with Crippen LogP contribution >= 0.6 is 0 Å². The first-order valence-corrected chi connectivity index (χ1v) is 5.10. The van der Waals surface area contributed by atoms with Crippen LogP contribution < -0.4 is 5.32 Å². The predicted octanol–water partition coefficient (Wildman–Crippen LogP) is 1.42. The van der Waals surface area contributed by atoms with Crippen molar-refractivity contribution < 1.29 is 5.32 Å². The van der Waals surface area contributed by atoms with Gasteiger partial charge in [0.15, 0.2) is 0 Å². The van der Waals surface area contributed by atoms with Crippen molar-refractivity contribution in [1.29, 1.82) is 0 Å². The van der Waals surface area contributed by atoms with Crippen molar-refractivity contribution in [1.82, 2.24) is 0 Å². The lowest BCUT2D eigenvalue weighted by molar-refractivity contribution is -0.635. The van der Waals surface area contributed by atoms with Gasteiger partial charge in [0.05, 0.1) is 13.6 Å². The Morgan fingerprint density at radius 2 is 2.17 bits per heavy atom. The first-order chi connectivity index (χ1) is 5.65. The molecule has 0 aromatic heterocycles. The van der Waals surface area contributed by atoms with Gasteiger partial charge in [0.1, 0.15) is 0 Å². The van der Waals surface area contributed by atoms with E-state index in [0.717, 1.165) is 17.8 Å². The summed E-state index contributed by atoms with van der Waals surface area (Å²) < 4.78 is 0. The van der Waals surface area contributed by atoms with Gasteiger partial charge in [0.2, 0.25) is 0 Å². The van der Waals surface area contributed by atoms with Gasteiger partial charge in [0.25, 0.3) is 0 Å². The van der Waals surface area contributed by atoms with Gasteiger partial charge >= 0.3 is 0 Å². The van der Waals surface area contributed by atoms with Crippen LogP contribution in [0.3, 0.4) is 0 Å². The van der Waals surface area contributed by atoms with E-state index in [1.165, 1.54) is 13.0 Å². The lowest BCUT2D eigenvalue weighted by Crippen LogP contribution is -2.82. The van der Waals surface area contributed by atoms with E-state index in [1.54, 1.807) is 5.57 Å². The van der Waals surface area contributed by atoms with E-state index in [4.69, 9.17) is 0 Å². The number of nitrogens with two attached hydrogens (primary N) is 1. The standard InChI is InChI=1S/C11H21N/c1-8-5-9(2)11(7-12-4)10(3)6-8/h5,9-12H,6-7H2,1-4H3/p+1/t9-,10+,11+/m0/s1. The molecule has 0 aromatic carbocycles. The highest BCUT2D eigenvalue weighted by atomic mass is 14.8. The number of hydrogen-bond donors (Lipinski definition) is 1. The Bertz CT molecular complexity index is 172. The molecule has 2 N–H and O–H groups in total. The third-order valence-corrected chi connectivity index (χ3v) is 3.11. The van der Waals surface area contributed by atoms with Gasteiger partial charge < -0.3 is 5.32 Å². The lowest BCUT2D eigenvalue weighted by Gasteiger charge is -2.31. The fourth-order valence-electron chi connectivity index (χ4n) is 2.54. The molecule has 1 heteroatoms. The third kappa shape index (κ3) is 2.10. The molecule has 0 unspecified atom stereocenters. The largest absolute Gasteiger partial charge is 0.348 e. The zero-order chi connectivity index (χ0) is 9.14. The molecule has 1 nitrogen and oxygen atoms in total. The molecular formula is C11H22N+. The molecule has 0 saturated carbocycles. The van der Waals surface area contributed by atoms with Gasteiger partial charge in [-0.25, -0.2) is 0 Å². The molecule has 1 aliphatic rings. The quantitative estimate of drug-likeness (QED) is 0.601. The summed E-state index contributed by atoms with van der Waals surface area (Å²) in [5, 5.41) is 2.31. The van der Waals surface area contributed by atoms with Crippen LogP contribution in [0, 0.1) is 17.8 Å². The molecular weight excluding hydrogens is 146 g/mol. The molecule has 0 radical (unpaired) electrons. The second-order valence-corrected chi connectivity index (χ2v) is 4.36. The number of allylic oxidation sites excluding steroid dienone is 2. The smallest absolute Gasteiger partial charge is 0.0790 e. The van der Waals surface area contributed by atoms with Crippen LogP contribution in [-0.4, -0.2) is 13.6 Å². The number of rotatable bonds is 2. The second-order valence-electron chi connectivity index (χ2n) is 4.36. The first kappa shape index (κ1) is 9.79. The van der Waals surface area contributed by atoms with Crippen LogP contribution in [0.4, 0.5) is 0 Å². The van der Waals surface area contributed by atoms with E-state index in [9.17, 15) is 0 Å². The average Bonchev–Trinajstić information content (AvgIpc) is 1.96. The number of hydrogen-bond acceptors (Lipinski definition) is 0. The molecule has 0 saturated heterocycles. The Kier molecular flexibility index (Phi) is 3.33. The normalized spacial score (nSPS) is 36.3. The molecule has 12 heavy (non-hydrogen) atoms.